The summed E-state index contributed by atoms with van der Waals surface area (Å²) in [5.74, 6) is -1.16. The minimum atomic E-state index is -4.69. The van der Waals surface area contributed by atoms with Crippen LogP contribution in [0.5, 0.6) is 0 Å². The second-order valence-corrected chi connectivity index (χ2v) is 5.90. The van der Waals surface area contributed by atoms with Crippen LogP contribution in [-0.4, -0.2) is 42.8 Å². The highest BCUT2D eigenvalue weighted by atomic mass is 79.9. The number of carbonyl (C=O) groups excluding carboxylic acids is 1. The molecule has 0 bridgehead atoms. The Bertz CT molecular complexity index is 528. The molecule has 21 heavy (non-hydrogen) atoms. The van der Waals surface area contributed by atoms with Crippen molar-refractivity contribution in [1.82, 2.24) is 10.2 Å². The van der Waals surface area contributed by atoms with Gasteiger partial charge in [-0.25, -0.2) is 4.39 Å². The summed E-state index contributed by atoms with van der Waals surface area (Å²) in [4.78, 5) is 12.4. The number of rotatable bonds is 3. The molecule has 2 rings (SSSR count). The normalized spacial score (nSPS) is 18.8. The zero-order chi connectivity index (χ0) is 15.8. The molecule has 1 saturated heterocycles. The number of nitrogens with zero attached hydrogens (tertiary/aromatic N) is 1. The first kappa shape index (κ1) is 16.2. The number of nitrogens with one attached hydrogen (secondary N) is 1. The van der Waals surface area contributed by atoms with E-state index >= 15 is 0 Å². The molecule has 8 heteroatoms. The zero-order valence-electron chi connectivity index (χ0n) is 11.0. The maximum Gasteiger partial charge on any atom is 0.413 e. The summed E-state index contributed by atoms with van der Waals surface area (Å²) in [5.41, 5.74) is -2.37. The number of halogens is 5. The third-order valence-electron chi connectivity index (χ3n) is 3.40. The SMILES string of the molecule is CN(C(=O)C1(F)CNC1)C(c1ccc(Br)cc1)C(F)(F)F. The molecule has 1 N–H and O–H groups in total. The van der Waals surface area contributed by atoms with Gasteiger partial charge in [0.2, 0.25) is 5.67 Å². The highest BCUT2D eigenvalue weighted by Crippen LogP contribution is 2.39. The molecule has 0 spiro atoms. The molecule has 1 aliphatic heterocycles. The third-order valence-corrected chi connectivity index (χ3v) is 3.93. The fourth-order valence-electron chi connectivity index (χ4n) is 2.21. The van der Waals surface area contributed by atoms with Gasteiger partial charge in [-0.15, -0.1) is 0 Å². The van der Waals surface area contributed by atoms with E-state index in [9.17, 15) is 22.4 Å². The summed E-state index contributed by atoms with van der Waals surface area (Å²) in [5, 5.41) is 2.55. The van der Waals surface area contributed by atoms with Gasteiger partial charge < -0.3 is 10.2 Å². The van der Waals surface area contributed by atoms with Gasteiger partial charge in [-0.1, -0.05) is 28.1 Å². The molecule has 1 fully saturated rings. The van der Waals surface area contributed by atoms with Crippen molar-refractivity contribution in [3.63, 3.8) is 0 Å². The maximum atomic E-state index is 14.1. The van der Waals surface area contributed by atoms with E-state index in [1.165, 1.54) is 24.3 Å². The van der Waals surface area contributed by atoms with Crippen LogP contribution < -0.4 is 5.32 Å². The Labute approximate surface area is 127 Å². The predicted molar refractivity (Wildman–Crippen MR) is 72.4 cm³/mol. The smallest absolute Gasteiger partial charge is 0.327 e. The number of hydrogen-bond donors (Lipinski definition) is 1. The molecule has 1 aromatic rings. The fraction of sp³-hybridized carbons (Fsp3) is 0.462. The Kier molecular flexibility index (Phi) is 4.30. The van der Waals surface area contributed by atoms with Crippen molar-refractivity contribution < 1.29 is 22.4 Å². The van der Waals surface area contributed by atoms with Crippen molar-refractivity contribution in [2.24, 2.45) is 0 Å². The topological polar surface area (TPSA) is 32.3 Å². The highest BCUT2D eigenvalue weighted by molar-refractivity contribution is 9.10. The van der Waals surface area contributed by atoms with E-state index < -0.39 is 23.8 Å². The second-order valence-electron chi connectivity index (χ2n) is 4.98. The molecule has 1 aromatic carbocycles. The van der Waals surface area contributed by atoms with E-state index in [4.69, 9.17) is 0 Å². The van der Waals surface area contributed by atoms with Gasteiger partial charge in [-0.2, -0.15) is 13.2 Å². The van der Waals surface area contributed by atoms with E-state index in [1.54, 1.807) is 0 Å². The lowest BCUT2D eigenvalue weighted by Crippen LogP contribution is -2.65. The van der Waals surface area contributed by atoms with Gasteiger partial charge in [-0.3, -0.25) is 4.79 Å². The fourth-order valence-corrected chi connectivity index (χ4v) is 2.47. The van der Waals surface area contributed by atoms with Crippen LogP contribution >= 0.6 is 15.9 Å². The number of hydrogen-bond acceptors (Lipinski definition) is 2. The molecule has 1 amide bonds. The highest BCUT2D eigenvalue weighted by Gasteiger charge is 2.52. The summed E-state index contributed by atoms with van der Waals surface area (Å²) in [6, 6.07) is 3.24. The lowest BCUT2D eigenvalue weighted by Gasteiger charge is -2.39. The molecule has 0 radical (unpaired) electrons. The monoisotopic (exact) mass is 368 g/mol. The number of alkyl halides is 4. The van der Waals surface area contributed by atoms with Gasteiger partial charge in [0, 0.05) is 24.6 Å². The number of benzene rings is 1. The lowest BCUT2D eigenvalue weighted by atomic mass is 9.95. The molecule has 0 aromatic heterocycles. The van der Waals surface area contributed by atoms with Gasteiger partial charge in [0.1, 0.15) is 0 Å². The summed E-state index contributed by atoms with van der Waals surface area (Å²) < 4.78 is 54.5. The van der Waals surface area contributed by atoms with Crippen molar-refractivity contribution in [2.75, 3.05) is 20.1 Å². The molecule has 3 nitrogen and oxygen atoms in total. The summed E-state index contributed by atoms with van der Waals surface area (Å²) in [7, 11) is 0.974. The van der Waals surface area contributed by atoms with Crippen LogP contribution in [0.15, 0.2) is 28.7 Å². The van der Waals surface area contributed by atoms with E-state index in [1.807, 2.05) is 0 Å². The van der Waals surface area contributed by atoms with Crippen molar-refractivity contribution in [3.8, 4) is 0 Å². The van der Waals surface area contributed by atoms with Crippen LogP contribution in [0.1, 0.15) is 11.6 Å². The first-order valence-corrected chi connectivity index (χ1v) is 6.93. The summed E-state index contributed by atoms with van der Waals surface area (Å²) in [6.07, 6.45) is -4.69. The van der Waals surface area contributed by atoms with Gasteiger partial charge in [0.25, 0.3) is 5.91 Å². The molecular formula is C13H13BrF4N2O. The van der Waals surface area contributed by atoms with Gasteiger partial charge >= 0.3 is 6.18 Å². The molecule has 116 valence electrons. The van der Waals surface area contributed by atoms with E-state index in [-0.39, 0.29) is 18.7 Å². The van der Waals surface area contributed by atoms with Crippen molar-refractivity contribution in [2.45, 2.75) is 17.9 Å². The van der Waals surface area contributed by atoms with Crippen LogP contribution in [0.2, 0.25) is 0 Å². The van der Waals surface area contributed by atoms with Crippen LogP contribution in [0.4, 0.5) is 17.6 Å². The maximum absolute atomic E-state index is 14.1. The van der Waals surface area contributed by atoms with E-state index in [0.29, 0.717) is 9.37 Å². The van der Waals surface area contributed by atoms with Crippen LogP contribution in [0.3, 0.4) is 0 Å². The molecule has 1 unspecified atom stereocenters. The predicted octanol–water partition coefficient (Wildman–Crippen LogP) is 2.82. The van der Waals surface area contributed by atoms with Gasteiger partial charge in [0.15, 0.2) is 6.04 Å². The van der Waals surface area contributed by atoms with E-state index in [2.05, 4.69) is 21.2 Å². The van der Waals surface area contributed by atoms with Crippen molar-refractivity contribution >= 4 is 21.8 Å². The molecule has 0 saturated carbocycles. The summed E-state index contributed by atoms with van der Waals surface area (Å²) >= 11 is 3.13. The molecular weight excluding hydrogens is 356 g/mol. The van der Waals surface area contributed by atoms with Crippen LogP contribution in [-0.2, 0) is 4.79 Å². The first-order chi connectivity index (χ1) is 9.65. The molecule has 1 heterocycles. The quantitative estimate of drug-likeness (QED) is 0.832. The minimum Gasteiger partial charge on any atom is -0.327 e. The van der Waals surface area contributed by atoms with E-state index in [0.717, 1.165) is 7.05 Å². The van der Waals surface area contributed by atoms with Crippen LogP contribution in [0.25, 0.3) is 0 Å². The molecule has 1 aliphatic rings. The average molecular weight is 369 g/mol. The Morgan fingerprint density at radius 1 is 1.33 bits per heavy atom. The third kappa shape index (κ3) is 3.21. The van der Waals surface area contributed by atoms with Gasteiger partial charge in [0.05, 0.1) is 0 Å². The average Bonchev–Trinajstić information content (AvgIpc) is 2.36. The second kappa shape index (κ2) is 5.57. The largest absolute Gasteiger partial charge is 0.413 e. The first-order valence-electron chi connectivity index (χ1n) is 6.14. The molecule has 0 aliphatic carbocycles. The standard InChI is InChI=1S/C13H13BrF4N2O/c1-20(11(21)12(15)6-19-7-12)10(13(16,17)18)8-2-4-9(14)5-3-8/h2-5,10,19H,6-7H2,1H3. The Morgan fingerprint density at radius 3 is 2.24 bits per heavy atom. The minimum absolute atomic E-state index is 0.113. The molecule has 1 atom stereocenters. The van der Waals surface area contributed by atoms with Crippen LogP contribution in [0, 0.1) is 0 Å². The van der Waals surface area contributed by atoms with Crippen molar-refractivity contribution in [3.05, 3.63) is 34.3 Å². The summed E-state index contributed by atoms with van der Waals surface area (Å²) in [6.45, 7) is -0.526. The Balaban J connectivity index is 2.32. The number of amides is 1. The number of carbonyl (C=O) groups is 1. The lowest BCUT2D eigenvalue weighted by molar-refractivity contribution is -0.195. The van der Waals surface area contributed by atoms with Crippen molar-refractivity contribution in [1.29, 1.82) is 0 Å². The Hall–Kier alpha value is -1.15. The zero-order valence-corrected chi connectivity index (χ0v) is 12.6. The Morgan fingerprint density at radius 2 is 1.86 bits per heavy atom. The van der Waals surface area contributed by atoms with Gasteiger partial charge in [-0.05, 0) is 17.7 Å².